The van der Waals surface area contributed by atoms with Gasteiger partial charge in [0, 0.05) is 0 Å². The first kappa shape index (κ1) is 28.3. The fourth-order valence-corrected chi connectivity index (χ4v) is 5.12. The molecule has 0 aliphatic heterocycles. The normalized spacial score (nSPS) is 10.3. The molecule has 0 aliphatic rings. The molecule has 0 atom stereocenters. The lowest BCUT2D eigenvalue weighted by atomic mass is 10.2. The third-order valence-corrected chi connectivity index (χ3v) is 6.65. The van der Waals surface area contributed by atoms with Crippen molar-refractivity contribution in [3.8, 4) is 0 Å². The van der Waals surface area contributed by atoms with Crippen molar-refractivity contribution in [1.82, 2.24) is 0 Å². The molecular weight excluding hydrogens is 528 g/mol. The number of methoxy groups -OCH3 is 6. The number of carbonyl (C=O) groups excluding carboxylic acids is 6. The molecule has 0 spiro atoms. The van der Waals surface area contributed by atoms with Gasteiger partial charge in [0.1, 0.15) is 11.1 Å². The van der Waals surface area contributed by atoms with Gasteiger partial charge < -0.3 is 37.3 Å². The van der Waals surface area contributed by atoms with Crippen molar-refractivity contribution in [3.63, 3.8) is 0 Å². The van der Waals surface area contributed by atoms with Gasteiger partial charge in [0.2, 0.25) is 23.0 Å². The summed E-state index contributed by atoms with van der Waals surface area (Å²) in [5.41, 5.74) is -1.00. The summed E-state index contributed by atoms with van der Waals surface area (Å²) in [4.78, 5) is 73.5. The predicted octanol–water partition coefficient (Wildman–Crippen LogP) is 2.39. The zero-order valence-electron chi connectivity index (χ0n) is 19.5. The summed E-state index contributed by atoms with van der Waals surface area (Å²) >= 11 is 0. The lowest BCUT2D eigenvalue weighted by molar-refractivity contribution is 0.0503. The summed E-state index contributed by atoms with van der Waals surface area (Å²) < 4.78 is 38.4. The summed E-state index contributed by atoms with van der Waals surface area (Å²) in [5, 5.41) is 0. The highest BCUT2D eigenvalue weighted by Gasteiger charge is 2.38. The summed E-state index contributed by atoms with van der Waals surface area (Å²) in [5.74, 6) is -9.07. The van der Waals surface area contributed by atoms with Crippen LogP contribution in [-0.4, -0.2) is 78.5 Å². The molecule has 0 saturated heterocycles. The van der Waals surface area contributed by atoms with Crippen LogP contribution in [0.3, 0.4) is 0 Å². The predicted molar refractivity (Wildman–Crippen MR) is 117 cm³/mol. The summed E-state index contributed by atoms with van der Waals surface area (Å²) in [7, 11) is 7.22. The van der Waals surface area contributed by atoms with Crippen molar-refractivity contribution in [2.24, 2.45) is 0 Å². The minimum absolute atomic E-state index is 0.286. The lowest BCUT2D eigenvalue weighted by Crippen LogP contribution is -2.10. The number of carbonyl (C=O) groups is 6. The fraction of sp³-hybridized carbons (Fsp3) is 0.300. The topological polar surface area (TPSA) is 184 Å². The van der Waals surface area contributed by atoms with Crippen molar-refractivity contribution in [3.05, 3.63) is 34.2 Å². The number of esters is 6. The number of rotatable bonds is 9. The van der Waals surface area contributed by atoms with Crippen molar-refractivity contribution in [2.45, 2.75) is 9.79 Å². The maximum Gasteiger partial charge on any atom is 0.375 e. The highest BCUT2D eigenvalue weighted by molar-refractivity contribution is 8.76. The fourth-order valence-electron chi connectivity index (χ4n) is 2.58. The Morgan fingerprint density at radius 2 is 0.694 bits per heavy atom. The molecule has 36 heavy (non-hydrogen) atoms. The van der Waals surface area contributed by atoms with Gasteiger partial charge in [-0.25, -0.2) is 28.8 Å². The smallest absolute Gasteiger partial charge is 0.375 e. The second-order valence-corrected chi connectivity index (χ2v) is 8.19. The number of hydrogen-bond donors (Lipinski definition) is 0. The molecular formula is C20H18O14S2. The largest absolute Gasteiger partial charge is 0.465 e. The van der Waals surface area contributed by atoms with Gasteiger partial charge in [-0.2, -0.15) is 0 Å². The molecule has 2 aromatic heterocycles. The molecule has 0 aromatic carbocycles. The van der Waals surface area contributed by atoms with Crippen LogP contribution in [-0.2, 0) is 28.4 Å². The maximum atomic E-state index is 12.5. The minimum atomic E-state index is -1.11. The Bertz CT molecular complexity index is 1130. The standard InChI is InChI=1S/C20H18O14S2/c1-27-15(21)7-9(17(23)29-3)33-11(19(25)31-5)13(7)35-36-14-8(16(22)28-2)10(18(24)30-4)34-12(14)20(26)32-6/h1-6H3. The molecule has 2 heterocycles. The zero-order valence-corrected chi connectivity index (χ0v) is 21.2. The Balaban J connectivity index is 2.78. The number of hydrogen-bond acceptors (Lipinski definition) is 16. The Morgan fingerprint density at radius 3 is 0.944 bits per heavy atom. The van der Waals surface area contributed by atoms with Crippen molar-refractivity contribution in [1.29, 1.82) is 0 Å². The highest BCUT2D eigenvalue weighted by Crippen LogP contribution is 2.47. The molecule has 0 bridgehead atoms. The van der Waals surface area contributed by atoms with E-state index in [0.29, 0.717) is 21.6 Å². The maximum absolute atomic E-state index is 12.5. The van der Waals surface area contributed by atoms with Crippen molar-refractivity contribution in [2.75, 3.05) is 42.7 Å². The summed E-state index contributed by atoms with van der Waals surface area (Å²) in [6, 6.07) is 0. The summed E-state index contributed by atoms with van der Waals surface area (Å²) in [6.07, 6.45) is 0. The van der Waals surface area contributed by atoms with Gasteiger partial charge in [-0.3, -0.25) is 0 Å². The Labute approximate surface area is 210 Å². The van der Waals surface area contributed by atoms with Crippen LogP contribution < -0.4 is 0 Å². The quantitative estimate of drug-likeness (QED) is 0.253. The van der Waals surface area contributed by atoms with E-state index in [4.69, 9.17) is 18.3 Å². The van der Waals surface area contributed by atoms with Crippen LogP contribution in [0.4, 0.5) is 0 Å². The van der Waals surface area contributed by atoms with E-state index in [1.807, 2.05) is 0 Å². The van der Waals surface area contributed by atoms with Crippen LogP contribution in [0.1, 0.15) is 62.9 Å². The van der Waals surface area contributed by atoms with Crippen LogP contribution in [0.5, 0.6) is 0 Å². The van der Waals surface area contributed by atoms with Gasteiger partial charge in [-0.05, 0) is 21.6 Å². The second kappa shape index (κ2) is 12.2. The molecule has 14 nitrogen and oxygen atoms in total. The van der Waals surface area contributed by atoms with Crippen LogP contribution in [0.25, 0.3) is 0 Å². The van der Waals surface area contributed by atoms with Gasteiger partial charge >= 0.3 is 35.8 Å². The van der Waals surface area contributed by atoms with E-state index in [9.17, 15) is 28.8 Å². The number of furan rings is 2. The molecule has 0 unspecified atom stereocenters. The van der Waals surface area contributed by atoms with Crippen LogP contribution >= 0.6 is 21.6 Å². The van der Waals surface area contributed by atoms with Crippen LogP contribution in [0, 0.1) is 0 Å². The highest BCUT2D eigenvalue weighted by atomic mass is 33.1. The first-order valence-electron chi connectivity index (χ1n) is 9.29. The molecule has 0 saturated carbocycles. The van der Waals surface area contributed by atoms with E-state index < -0.39 is 70.0 Å². The van der Waals surface area contributed by atoms with E-state index in [-0.39, 0.29) is 9.79 Å². The van der Waals surface area contributed by atoms with Gasteiger partial charge in [0.25, 0.3) is 0 Å². The zero-order chi connectivity index (χ0) is 27.2. The Hall–Kier alpha value is -3.92. The van der Waals surface area contributed by atoms with Crippen molar-refractivity contribution < 1.29 is 66.0 Å². The molecule has 16 heteroatoms. The molecule has 194 valence electrons. The van der Waals surface area contributed by atoms with E-state index in [0.717, 1.165) is 42.7 Å². The van der Waals surface area contributed by atoms with E-state index in [1.54, 1.807) is 0 Å². The molecule has 0 amide bonds. The molecule has 0 N–H and O–H groups in total. The van der Waals surface area contributed by atoms with Crippen LogP contribution in [0.2, 0.25) is 0 Å². The molecule has 0 radical (unpaired) electrons. The molecule has 0 aliphatic carbocycles. The molecule has 2 aromatic rings. The van der Waals surface area contributed by atoms with Gasteiger partial charge in [0.15, 0.2) is 0 Å². The lowest BCUT2D eigenvalue weighted by Gasteiger charge is -2.06. The van der Waals surface area contributed by atoms with Gasteiger partial charge in [-0.15, -0.1) is 0 Å². The average molecular weight is 546 g/mol. The van der Waals surface area contributed by atoms with Crippen LogP contribution in [0.15, 0.2) is 18.6 Å². The molecule has 0 fully saturated rings. The monoisotopic (exact) mass is 546 g/mol. The Kier molecular flexibility index (Phi) is 9.57. The SMILES string of the molecule is COC(=O)c1oc(C(=O)OC)c(C(=O)OC)c1SSc1c(C(=O)OC)oc(C(=O)OC)c1C(=O)OC. The first-order valence-corrected chi connectivity index (χ1v) is 11.4. The Morgan fingerprint density at radius 1 is 0.444 bits per heavy atom. The second-order valence-electron chi connectivity index (χ2n) is 6.05. The van der Waals surface area contributed by atoms with E-state index in [1.165, 1.54) is 0 Å². The molecule has 2 rings (SSSR count). The first-order chi connectivity index (χ1) is 17.1. The van der Waals surface area contributed by atoms with E-state index in [2.05, 4.69) is 18.9 Å². The average Bonchev–Trinajstić information content (AvgIpc) is 3.48. The summed E-state index contributed by atoms with van der Waals surface area (Å²) in [6.45, 7) is 0. The third-order valence-electron chi connectivity index (χ3n) is 4.20. The minimum Gasteiger partial charge on any atom is -0.465 e. The third kappa shape index (κ3) is 5.33. The van der Waals surface area contributed by atoms with Gasteiger partial charge in [-0.1, -0.05) is 0 Å². The van der Waals surface area contributed by atoms with Crippen molar-refractivity contribution >= 4 is 57.4 Å². The van der Waals surface area contributed by atoms with Gasteiger partial charge in [0.05, 0.1) is 52.4 Å². The number of ether oxygens (including phenoxy) is 6. The van der Waals surface area contributed by atoms with E-state index >= 15 is 0 Å².